The third kappa shape index (κ3) is 2.14. The van der Waals surface area contributed by atoms with Crippen molar-refractivity contribution < 1.29 is 9.18 Å². The molecule has 0 radical (unpaired) electrons. The average Bonchev–Trinajstić information content (AvgIpc) is 2.87. The van der Waals surface area contributed by atoms with Gasteiger partial charge in [0.25, 0.3) is 5.91 Å². The van der Waals surface area contributed by atoms with E-state index in [1.807, 2.05) is 0 Å². The molecule has 0 aliphatic heterocycles. The molecule has 6 heteroatoms. The number of benzene rings is 1. The van der Waals surface area contributed by atoms with Crippen LogP contribution in [0, 0.1) is 5.82 Å². The van der Waals surface area contributed by atoms with E-state index < -0.39 is 0 Å². The van der Waals surface area contributed by atoms with E-state index in [0.717, 1.165) is 0 Å². The lowest BCUT2D eigenvalue weighted by Gasteiger charge is -2.07. The zero-order valence-corrected chi connectivity index (χ0v) is 11.6. The van der Waals surface area contributed by atoms with Crippen molar-refractivity contribution in [1.82, 2.24) is 20.1 Å². The number of nitrogens with one attached hydrogen (secondary N) is 1. The van der Waals surface area contributed by atoms with Crippen molar-refractivity contribution in [2.24, 2.45) is 7.05 Å². The topological polar surface area (TPSA) is 59.8 Å². The number of rotatable bonds is 2. The maximum absolute atomic E-state index is 14.0. The molecule has 0 aliphatic carbocycles. The Morgan fingerprint density at radius 3 is 2.81 bits per heavy atom. The molecule has 3 aromatic rings. The summed E-state index contributed by atoms with van der Waals surface area (Å²) in [6.45, 7) is 0. The fourth-order valence-electron chi connectivity index (χ4n) is 2.24. The second-order valence-corrected chi connectivity index (χ2v) is 4.62. The zero-order chi connectivity index (χ0) is 15.0. The molecule has 0 unspecified atom stereocenters. The normalized spacial score (nSPS) is 10.8. The first-order valence-electron chi connectivity index (χ1n) is 6.41. The van der Waals surface area contributed by atoms with Crippen LogP contribution in [0.15, 0.2) is 36.5 Å². The summed E-state index contributed by atoms with van der Waals surface area (Å²) in [5, 5.41) is 7.33. The van der Waals surface area contributed by atoms with Crippen LogP contribution in [0.5, 0.6) is 0 Å². The van der Waals surface area contributed by atoms with Crippen molar-refractivity contribution in [3.63, 3.8) is 0 Å². The summed E-state index contributed by atoms with van der Waals surface area (Å²) in [7, 11) is 3.28. The highest BCUT2D eigenvalue weighted by molar-refractivity contribution is 6.06. The van der Waals surface area contributed by atoms with Gasteiger partial charge in [0.15, 0.2) is 5.65 Å². The van der Waals surface area contributed by atoms with Gasteiger partial charge in [0.2, 0.25) is 0 Å². The molecule has 2 aromatic heterocycles. The number of aryl methyl sites for hydroxylation is 1. The van der Waals surface area contributed by atoms with Gasteiger partial charge in [0, 0.05) is 19.7 Å². The lowest BCUT2D eigenvalue weighted by molar-refractivity contribution is 0.0964. The average molecular weight is 284 g/mol. The van der Waals surface area contributed by atoms with E-state index >= 15 is 0 Å². The number of hydrogen-bond donors (Lipinski definition) is 1. The number of carbonyl (C=O) groups is 1. The number of halogens is 1. The van der Waals surface area contributed by atoms with Crippen LogP contribution in [0.3, 0.4) is 0 Å². The van der Waals surface area contributed by atoms with Gasteiger partial charge in [0.05, 0.1) is 22.8 Å². The van der Waals surface area contributed by atoms with Crippen LogP contribution in [0.25, 0.3) is 22.3 Å². The van der Waals surface area contributed by atoms with Crippen LogP contribution in [0.4, 0.5) is 4.39 Å². The highest BCUT2D eigenvalue weighted by atomic mass is 19.1. The molecule has 0 aliphatic rings. The smallest absolute Gasteiger partial charge is 0.251 e. The molecule has 3 rings (SSSR count). The molecule has 21 heavy (non-hydrogen) atoms. The van der Waals surface area contributed by atoms with E-state index in [0.29, 0.717) is 27.9 Å². The minimum Gasteiger partial charge on any atom is -0.355 e. The number of carbonyl (C=O) groups excluding carboxylic acids is 1. The van der Waals surface area contributed by atoms with Crippen molar-refractivity contribution in [3.05, 3.63) is 47.9 Å². The molecular formula is C15H13FN4O. The van der Waals surface area contributed by atoms with Crippen LogP contribution in [-0.4, -0.2) is 27.7 Å². The predicted molar refractivity (Wildman–Crippen MR) is 77.3 cm³/mol. The second kappa shape index (κ2) is 4.97. The molecule has 0 spiro atoms. The monoisotopic (exact) mass is 284 g/mol. The molecule has 0 saturated heterocycles. The van der Waals surface area contributed by atoms with E-state index in [4.69, 9.17) is 0 Å². The van der Waals surface area contributed by atoms with Gasteiger partial charge in [-0.2, -0.15) is 5.10 Å². The first kappa shape index (κ1) is 13.2. The van der Waals surface area contributed by atoms with E-state index in [9.17, 15) is 9.18 Å². The Hall–Kier alpha value is -2.76. The Bertz CT molecular complexity index is 841. The minimum atomic E-state index is -0.380. The Labute approximate surface area is 120 Å². The van der Waals surface area contributed by atoms with Gasteiger partial charge in [-0.1, -0.05) is 12.1 Å². The second-order valence-electron chi connectivity index (χ2n) is 4.62. The molecule has 2 heterocycles. The summed E-state index contributed by atoms with van der Waals surface area (Å²) < 4.78 is 15.5. The highest BCUT2D eigenvalue weighted by Gasteiger charge is 2.16. The van der Waals surface area contributed by atoms with Crippen molar-refractivity contribution in [2.75, 3.05) is 7.05 Å². The predicted octanol–water partition coefficient (Wildman–Crippen LogP) is 2.13. The molecular weight excluding hydrogens is 271 g/mol. The molecule has 0 fully saturated rings. The van der Waals surface area contributed by atoms with E-state index in [1.165, 1.54) is 6.07 Å². The Kier molecular flexibility index (Phi) is 3.13. The lowest BCUT2D eigenvalue weighted by Crippen LogP contribution is -2.18. The number of aromatic nitrogens is 3. The van der Waals surface area contributed by atoms with Crippen molar-refractivity contribution in [3.8, 4) is 11.3 Å². The van der Waals surface area contributed by atoms with Gasteiger partial charge in [-0.25, -0.2) is 9.37 Å². The maximum atomic E-state index is 14.0. The van der Waals surface area contributed by atoms with Gasteiger partial charge < -0.3 is 5.32 Å². The molecule has 106 valence electrons. The van der Waals surface area contributed by atoms with Crippen LogP contribution >= 0.6 is 0 Å². The molecule has 0 bridgehead atoms. The van der Waals surface area contributed by atoms with Crippen LogP contribution in [0.1, 0.15) is 10.4 Å². The fraction of sp³-hybridized carbons (Fsp3) is 0.133. The quantitative estimate of drug-likeness (QED) is 0.784. The molecule has 0 atom stereocenters. The standard InChI is InChI=1S/C15H13FN4O/c1-17-15(21)10-7-13(9-5-3-4-6-12(9)16)19-14-11(10)8-18-20(14)2/h3-8H,1-2H3,(H,17,21). The maximum Gasteiger partial charge on any atom is 0.251 e. The molecule has 1 N–H and O–H groups in total. The summed E-state index contributed by atoms with van der Waals surface area (Å²) in [4.78, 5) is 16.5. The summed E-state index contributed by atoms with van der Waals surface area (Å²) in [5.41, 5.74) is 1.72. The molecule has 1 aromatic carbocycles. The summed E-state index contributed by atoms with van der Waals surface area (Å²) in [5.74, 6) is -0.637. The van der Waals surface area contributed by atoms with E-state index in [2.05, 4.69) is 15.4 Å². The number of amides is 1. The Morgan fingerprint density at radius 2 is 2.10 bits per heavy atom. The van der Waals surface area contributed by atoms with E-state index in [-0.39, 0.29) is 11.7 Å². The first-order valence-corrected chi connectivity index (χ1v) is 6.41. The van der Waals surface area contributed by atoms with Crippen LogP contribution in [-0.2, 0) is 7.05 Å². The summed E-state index contributed by atoms with van der Waals surface area (Å²) >= 11 is 0. The number of fused-ring (bicyclic) bond motifs is 1. The summed E-state index contributed by atoms with van der Waals surface area (Å²) in [6, 6.07) is 7.92. The first-order chi connectivity index (χ1) is 10.1. The van der Waals surface area contributed by atoms with Gasteiger partial charge in [-0.3, -0.25) is 9.48 Å². The Morgan fingerprint density at radius 1 is 1.33 bits per heavy atom. The third-order valence-electron chi connectivity index (χ3n) is 3.33. The number of hydrogen-bond acceptors (Lipinski definition) is 3. The van der Waals surface area contributed by atoms with Gasteiger partial charge in [-0.05, 0) is 18.2 Å². The van der Waals surface area contributed by atoms with Crippen molar-refractivity contribution >= 4 is 16.9 Å². The molecule has 0 saturated carbocycles. The van der Waals surface area contributed by atoms with Crippen LogP contribution in [0.2, 0.25) is 0 Å². The SMILES string of the molecule is CNC(=O)c1cc(-c2ccccc2F)nc2c1cnn2C. The largest absolute Gasteiger partial charge is 0.355 e. The van der Waals surface area contributed by atoms with Crippen molar-refractivity contribution in [1.29, 1.82) is 0 Å². The Balaban J connectivity index is 2.32. The number of nitrogens with zero attached hydrogens (tertiary/aromatic N) is 3. The summed E-state index contributed by atoms with van der Waals surface area (Å²) in [6.07, 6.45) is 1.58. The van der Waals surface area contributed by atoms with Gasteiger partial charge >= 0.3 is 0 Å². The van der Waals surface area contributed by atoms with Crippen LogP contribution < -0.4 is 5.32 Å². The third-order valence-corrected chi connectivity index (χ3v) is 3.33. The fourth-order valence-corrected chi connectivity index (χ4v) is 2.24. The van der Waals surface area contributed by atoms with Gasteiger partial charge in [0.1, 0.15) is 5.82 Å². The van der Waals surface area contributed by atoms with Crippen molar-refractivity contribution in [2.45, 2.75) is 0 Å². The molecule has 5 nitrogen and oxygen atoms in total. The minimum absolute atomic E-state index is 0.256. The van der Waals surface area contributed by atoms with Gasteiger partial charge in [-0.15, -0.1) is 0 Å². The van der Waals surface area contributed by atoms with E-state index in [1.54, 1.807) is 49.2 Å². The highest BCUT2D eigenvalue weighted by Crippen LogP contribution is 2.26. The number of pyridine rings is 1. The zero-order valence-electron chi connectivity index (χ0n) is 11.6. The molecule has 1 amide bonds. The lowest BCUT2D eigenvalue weighted by atomic mass is 10.1.